The first-order valence-electron chi connectivity index (χ1n) is 4.87. The van der Waals surface area contributed by atoms with Gasteiger partial charge in [-0.25, -0.2) is 4.98 Å². The van der Waals surface area contributed by atoms with Crippen LogP contribution >= 0.6 is 0 Å². The number of H-pyrrole nitrogens is 1. The maximum absolute atomic E-state index is 5.55. The number of imidazole rings is 1. The van der Waals surface area contributed by atoms with Gasteiger partial charge in [-0.1, -0.05) is 13.8 Å². The van der Waals surface area contributed by atoms with Crippen molar-refractivity contribution in [2.45, 2.75) is 39.0 Å². The van der Waals surface area contributed by atoms with Crippen LogP contribution < -0.4 is 5.73 Å². The first kappa shape index (κ1) is 8.60. The molecule has 0 radical (unpaired) electrons. The van der Waals surface area contributed by atoms with Gasteiger partial charge in [-0.05, 0) is 24.7 Å². The third-order valence-electron chi connectivity index (χ3n) is 3.02. The van der Waals surface area contributed by atoms with Gasteiger partial charge < -0.3 is 10.7 Å². The topological polar surface area (TPSA) is 54.7 Å². The Morgan fingerprint density at radius 3 is 2.85 bits per heavy atom. The molecule has 13 heavy (non-hydrogen) atoms. The molecule has 0 saturated heterocycles. The van der Waals surface area contributed by atoms with Gasteiger partial charge in [-0.15, -0.1) is 0 Å². The zero-order valence-corrected chi connectivity index (χ0v) is 8.30. The van der Waals surface area contributed by atoms with E-state index in [9.17, 15) is 0 Å². The van der Waals surface area contributed by atoms with E-state index in [4.69, 9.17) is 5.73 Å². The summed E-state index contributed by atoms with van der Waals surface area (Å²) in [5.41, 5.74) is 7.25. The third-order valence-corrected chi connectivity index (χ3v) is 3.02. The summed E-state index contributed by atoms with van der Waals surface area (Å²) in [7, 11) is 0. The number of anilines is 1. The van der Waals surface area contributed by atoms with Crippen molar-refractivity contribution in [2.24, 2.45) is 5.41 Å². The molecule has 1 saturated carbocycles. The molecule has 3 heteroatoms. The summed E-state index contributed by atoms with van der Waals surface area (Å²) >= 11 is 0. The number of aromatic amines is 1. The molecule has 0 aliphatic heterocycles. The fourth-order valence-electron chi connectivity index (χ4n) is 2.26. The Balaban J connectivity index is 2.12. The van der Waals surface area contributed by atoms with Gasteiger partial charge >= 0.3 is 0 Å². The fourth-order valence-corrected chi connectivity index (χ4v) is 2.26. The second-order valence-electron chi connectivity index (χ2n) is 4.83. The van der Waals surface area contributed by atoms with Gasteiger partial charge in [0.05, 0.1) is 6.20 Å². The first-order chi connectivity index (χ1) is 6.07. The number of hydrogen-bond donors (Lipinski definition) is 2. The summed E-state index contributed by atoms with van der Waals surface area (Å²) in [5.74, 6) is 1.18. The molecular weight excluding hydrogens is 162 g/mol. The second-order valence-corrected chi connectivity index (χ2v) is 4.83. The van der Waals surface area contributed by atoms with Crippen molar-refractivity contribution in [3.63, 3.8) is 0 Å². The van der Waals surface area contributed by atoms with Crippen LogP contribution in [-0.2, 0) is 0 Å². The number of nitrogen functional groups attached to an aromatic ring is 1. The van der Waals surface area contributed by atoms with E-state index in [1.165, 1.54) is 25.0 Å². The van der Waals surface area contributed by atoms with Crippen LogP contribution in [0, 0.1) is 5.41 Å². The van der Waals surface area contributed by atoms with Gasteiger partial charge in [0.25, 0.3) is 0 Å². The molecular formula is C10H17N3. The Hall–Kier alpha value is -0.990. The van der Waals surface area contributed by atoms with E-state index in [-0.39, 0.29) is 0 Å². The van der Waals surface area contributed by atoms with Crippen molar-refractivity contribution in [1.82, 2.24) is 9.97 Å². The Morgan fingerprint density at radius 2 is 2.38 bits per heavy atom. The molecule has 1 aliphatic rings. The SMILES string of the molecule is CC1(C)CCC(c2cnc(N)[nH]2)C1. The molecule has 1 unspecified atom stereocenters. The maximum Gasteiger partial charge on any atom is 0.197 e. The summed E-state index contributed by atoms with van der Waals surface area (Å²) in [6.45, 7) is 4.65. The van der Waals surface area contributed by atoms with Crippen LogP contribution in [0.4, 0.5) is 5.95 Å². The van der Waals surface area contributed by atoms with Crippen LogP contribution in [-0.4, -0.2) is 9.97 Å². The molecule has 2 rings (SSSR count). The molecule has 3 nitrogen and oxygen atoms in total. The highest BCUT2D eigenvalue weighted by atomic mass is 15.0. The van der Waals surface area contributed by atoms with Crippen molar-refractivity contribution in [2.75, 3.05) is 5.73 Å². The highest BCUT2D eigenvalue weighted by Gasteiger charge is 2.32. The minimum atomic E-state index is 0.491. The third kappa shape index (κ3) is 1.69. The monoisotopic (exact) mass is 179 g/mol. The van der Waals surface area contributed by atoms with E-state index in [0.29, 0.717) is 17.3 Å². The van der Waals surface area contributed by atoms with Crippen LogP contribution in [0.5, 0.6) is 0 Å². The van der Waals surface area contributed by atoms with Crippen molar-refractivity contribution >= 4 is 5.95 Å². The van der Waals surface area contributed by atoms with E-state index in [1.54, 1.807) is 0 Å². The van der Waals surface area contributed by atoms with Gasteiger partial charge in [0, 0.05) is 11.6 Å². The van der Waals surface area contributed by atoms with Crippen molar-refractivity contribution < 1.29 is 0 Å². The minimum Gasteiger partial charge on any atom is -0.369 e. The number of nitrogens with zero attached hydrogens (tertiary/aromatic N) is 1. The quantitative estimate of drug-likeness (QED) is 0.695. The number of nitrogens with one attached hydrogen (secondary N) is 1. The zero-order valence-electron chi connectivity index (χ0n) is 8.30. The van der Waals surface area contributed by atoms with Crippen molar-refractivity contribution in [1.29, 1.82) is 0 Å². The van der Waals surface area contributed by atoms with Gasteiger partial charge in [0.15, 0.2) is 5.95 Å². The summed E-state index contributed by atoms with van der Waals surface area (Å²) in [6, 6.07) is 0. The van der Waals surface area contributed by atoms with E-state index in [1.807, 2.05) is 6.20 Å². The molecule has 0 bridgehead atoms. The molecule has 0 spiro atoms. The molecule has 72 valence electrons. The van der Waals surface area contributed by atoms with Gasteiger partial charge in [0.1, 0.15) is 0 Å². The van der Waals surface area contributed by atoms with E-state index in [0.717, 1.165) is 0 Å². The van der Waals surface area contributed by atoms with E-state index >= 15 is 0 Å². The molecule has 1 aliphatic carbocycles. The molecule has 1 fully saturated rings. The van der Waals surface area contributed by atoms with Crippen LogP contribution in [0.3, 0.4) is 0 Å². The van der Waals surface area contributed by atoms with Gasteiger partial charge in [0.2, 0.25) is 0 Å². The average molecular weight is 179 g/mol. The zero-order chi connectivity index (χ0) is 9.47. The highest BCUT2D eigenvalue weighted by molar-refractivity contribution is 5.21. The lowest BCUT2D eigenvalue weighted by molar-refractivity contribution is 0.375. The Morgan fingerprint density at radius 1 is 1.62 bits per heavy atom. The average Bonchev–Trinajstić information content (AvgIpc) is 2.56. The summed E-state index contributed by atoms with van der Waals surface area (Å²) < 4.78 is 0. The smallest absolute Gasteiger partial charge is 0.197 e. The van der Waals surface area contributed by atoms with E-state index in [2.05, 4.69) is 23.8 Å². The largest absolute Gasteiger partial charge is 0.369 e. The fraction of sp³-hybridized carbons (Fsp3) is 0.700. The molecule has 0 amide bonds. The summed E-state index contributed by atoms with van der Waals surface area (Å²) in [5, 5.41) is 0. The predicted octanol–water partition coefficient (Wildman–Crippen LogP) is 2.29. The van der Waals surface area contributed by atoms with E-state index < -0.39 is 0 Å². The number of aromatic nitrogens is 2. The minimum absolute atomic E-state index is 0.491. The normalized spacial score (nSPS) is 26.5. The van der Waals surface area contributed by atoms with Crippen molar-refractivity contribution in [3.05, 3.63) is 11.9 Å². The molecule has 1 heterocycles. The number of hydrogen-bond acceptors (Lipinski definition) is 2. The molecule has 1 aromatic rings. The Kier molecular flexibility index (Phi) is 1.82. The summed E-state index contributed by atoms with van der Waals surface area (Å²) in [6.07, 6.45) is 5.68. The lowest BCUT2D eigenvalue weighted by atomic mass is 9.90. The van der Waals surface area contributed by atoms with Crippen LogP contribution in [0.15, 0.2) is 6.20 Å². The predicted molar refractivity (Wildman–Crippen MR) is 53.4 cm³/mol. The number of rotatable bonds is 1. The Labute approximate surface area is 78.7 Å². The number of nitrogens with two attached hydrogens (primary N) is 1. The standard InChI is InChI=1S/C10H17N3/c1-10(2)4-3-7(5-10)8-6-12-9(11)13-8/h6-7H,3-5H2,1-2H3,(H3,11,12,13). The van der Waals surface area contributed by atoms with Gasteiger partial charge in [-0.3, -0.25) is 0 Å². The highest BCUT2D eigenvalue weighted by Crippen LogP contribution is 2.45. The lowest BCUT2D eigenvalue weighted by Gasteiger charge is -2.16. The molecule has 1 aromatic heterocycles. The molecule has 0 aromatic carbocycles. The van der Waals surface area contributed by atoms with Crippen LogP contribution in [0.25, 0.3) is 0 Å². The molecule has 1 atom stereocenters. The molecule has 3 N–H and O–H groups in total. The maximum atomic E-state index is 5.55. The lowest BCUT2D eigenvalue weighted by Crippen LogP contribution is -2.04. The van der Waals surface area contributed by atoms with Crippen molar-refractivity contribution in [3.8, 4) is 0 Å². The first-order valence-corrected chi connectivity index (χ1v) is 4.87. The van der Waals surface area contributed by atoms with Crippen LogP contribution in [0.2, 0.25) is 0 Å². The second kappa shape index (κ2) is 2.76. The van der Waals surface area contributed by atoms with Crippen LogP contribution in [0.1, 0.15) is 44.7 Å². The summed E-state index contributed by atoms with van der Waals surface area (Å²) in [4.78, 5) is 7.15. The van der Waals surface area contributed by atoms with Gasteiger partial charge in [-0.2, -0.15) is 0 Å². The Bertz CT molecular complexity index is 301.